The van der Waals surface area contributed by atoms with Crippen molar-refractivity contribution < 1.29 is 0 Å². The van der Waals surface area contributed by atoms with Crippen molar-refractivity contribution >= 4 is 5.69 Å². The summed E-state index contributed by atoms with van der Waals surface area (Å²) < 4.78 is 0. The van der Waals surface area contributed by atoms with Gasteiger partial charge in [-0.25, -0.2) is 0 Å². The normalized spacial score (nSPS) is 21.7. The van der Waals surface area contributed by atoms with E-state index >= 15 is 0 Å². The first-order chi connectivity index (χ1) is 7.22. The van der Waals surface area contributed by atoms with Gasteiger partial charge in [0.1, 0.15) is 6.04 Å². The molecule has 0 fully saturated rings. The van der Waals surface area contributed by atoms with E-state index in [9.17, 15) is 0 Å². The number of fused-ring (bicyclic) bond motifs is 1. The molecule has 0 saturated carbocycles. The van der Waals surface area contributed by atoms with E-state index in [4.69, 9.17) is 11.0 Å². The molecule has 3 heteroatoms. The maximum atomic E-state index is 8.97. The van der Waals surface area contributed by atoms with Crippen LogP contribution in [0.2, 0.25) is 0 Å². The number of benzene rings is 1. The zero-order chi connectivity index (χ0) is 10.8. The predicted molar refractivity (Wildman–Crippen MR) is 60.5 cm³/mol. The lowest BCUT2D eigenvalue weighted by molar-refractivity contribution is 0.583. The van der Waals surface area contributed by atoms with Crippen LogP contribution in [0.15, 0.2) is 24.3 Å². The maximum Gasteiger partial charge on any atom is 0.114 e. The molecule has 1 heterocycles. The molecule has 2 atom stereocenters. The van der Waals surface area contributed by atoms with E-state index in [1.165, 1.54) is 5.56 Å². The first-order valence-electron chi connectivity index (χ1n) is 5.22. The molecule has 1 aromatic rings. The molecular weight excluding hydrogens is 186 g/mol. The number of hydrogen-bond donors (Lipinski definition) is 1. The molecule has 0 saturated heterocycles. The molecule has 1 aliphatic rings. The van der Waals surface area contributed by atoms with Gasteiger partial charge in [0.15, 0.2) is 0 Å². The van der Waals surface area contributed by atoms with Gasteiger partial charge >= 0.3 is 0 Å². The Labute approximate surface area is 90.1 Å². The third-order valence-electron chi connectivity index (χ3n) is 2.87. The van der Waals surface area contributed by atoms with Gasteiger partial charge in [0.25, 0.3) is 0 Å². The summed E-state index contributed by atoms with van der Waals surface area (Å²) >= 11 is 0. The van der Waals surface area contributed by atoms with Crippen molar-refractivity contribution in [3.8, 4) is 6.07 Å². The highest BCUT2D eigenvalue weighted by Crippen LogP contribution is 2.27. The van der Waals surface area contributed by atoms with Crippen molar-refractivity contribution in [2.24, 2.45) is 5.73 Å². The molecule has 0 bridgehead atoms. The Hall–Kier alpha value is -1.53. The Morgan fingerprint density at radius 3 is 3.00 bits per heavy atom. The fraction of sp³-hybridized carbons (Fsp3) is 0.417. The standard InChI is InChI=1S/C12H15N3/c1-9(7-13)15-8-11(14)6-10-4-2-3-5-12(10)15/h2-5,9,11H,6,8,14H2,1H3. The Kier molecular flexibility index (Phi) is 2.61. The van der Waals surface area contributed by atoms with Crippen molar-refractivity contribution in [1.82, 2.24) is 0 Å². The van der Waals surface area contributed by atoms with Crippen LogP contribution >= 0.6 is 0 Å². The fourth-order valence-electron chi connectivity index (χ4n) is 2.10. The number of para-hydroxylation sites is 1. The molecule has 2 unspecified atom stereocenters. The van der Waals surface area contributed by atoms with E-state index in [1.54, 1.807) is 0 Å². The van der Waals surface area contributed by atoms with Crippen LogP contribution in [-0.4, -0.2) is 18.6 Å². The summed E-state index contributed by atoms with van der Waals surface area (Å²) in [6.07, 6.45) is 0.908. The van der Waals surface area contributed by atoms with E-state index in [0.717, 1.165) is 18.7 Å². The average Bonchev–Trinajstić information content (AvgIpc) is 2.26. The zero-order valence-electron chi connectivity index (χ0n) is 8.85. The maximum absolute atomic E-state index is 8.97. The molecule has 78 valence electrons. The topological polar surface area (TPSA) is 53.0 Å². The average molecular weight is 201 g/mol. The summed E-state index contributed by atoms with van der Waals surface area (Å²) in [7, 11) is 0. The summed E-state index contributed by atoms with van der Waals surface area (Å²) in [5.74, 6) is 0. The Balaban J connectivity index is 2.39. The Bertz CT molecular complexity index is 394. The van der Waals surface area contributed by atoms with Gasteiger partial charge in [-0.05, 0) is 25.0 Å². The van der Waals surface area contributed by atoms with Crippen molar-refractivity contribution in [2.45, 2.75) is 25.4 Å². The van der Waals surface area contributed by atoms with Gasteiger partial charge in [-0.3, -0.25) is 0 Å². The van der Waals surface area contributed by atoms with Crippen molar-refractivity contribution in [3.63, 3.8) is 0 Å². The van der Waals surface area contributed by atoms with E-state index < -0.39 is 0 Å². The van der Waals surface area contributed by atoms with Crippen molar-refractivity contribution in [2.75, 3.05) is 11.4 Å². The van der Waals surface area contributed by atoms with Gasteiger partial charge in [-0.2, -0.15) is 5.26 Å². The van der Waals surface area contributed by atoms with Gasteiger partial charge in [0.2, 0.25) is 0 Å². The van der Waals surface area contributed by atoms with Crippen LogP contribution < -0.4 is 10.6 Å². The number of nitrogens with zero attached hydrogens (tertiary/aromatic N) is 2. The summed E-state index contributed by atoms with van der Waals surface area (Å²) in [6, 6.07) is 10.5. The predicted octanol–water partition coefficient (Wildman–Crippen LogP) is 1.29. The third-order valence-corrected chi connectivity index (χ3v) is 2.87. The molecule has 0 amide bonds. The molecule has 3 nitrogen and oxygen atoms in total. The summed E-state index contributed by atoms with van der Waals surface area (Å²) in [5, 5.41) is 8.97. The zero-order valence-corrected chi connectivity index (χ0v) is 8.85. The van der Waals surface area contributed by atoms with Gasteiger partial charge in [-0.1, -0.05) is 18.2 Å². The Morgan fingerprint density at radius 2 is 2.27 bits per heavy atom. The molecule has 15 heavy (non-hydrogen) atoms. The lowest BCUT2D eigenvalue weighted by Gasteiger charge is -2.36. The van der Waals surface area contributed by atoms with Gasteiger partial charge in [0, 0.05) is 18.3 Å². The van der Waals surface area contributed by atoms with Crippen LogP contribution in [0.1, 0.15) is 12.5 Å². The molecule has 1 aromatic carbocycles. The van der Waals surface area contributed by atoms with Crippen molar-refractivity contribution in [1.29, 1.82) is 5.26 Å². The highest BCUT2D eigenvalue weighted by atomic mass is 15.2. The smallest absolute Gasteiger partial charge is 0.114 e. The number of hydrogen-bond acceptors (Lipinski definition) is 3. The molecule has 2 rings (SSSR count). The third kappa shape index (κ3) is 1.81. The first-order valence-corrected chi connectivity index (χ1v) is 5.22. The monoisotopic (exact) mass is 201 g/mol. The molecule has 0 spiro atoms. The van der Waals surface area contributed by atoms with E-state index in [1.807, 2.05) is 19.1 Å². The largest absolute Gasteiger partial charge is 0.354 e. The highest BCUT2D eigenvalue weighted by Gasteiger charge is 2.24. The minimum absolute atomic E-state index is 0.113. The second-order valence-corrected chi connectivity index (χ2v) is 4.05. The minimum atomic E-state index is -0.113. The SMILES string of the molecule is CC(C#N)N1CC(N)Cc2ccccc21. The van der Waals surface area contributed by atoms with Gasteiger partial charge in [0.05, 0.1) is 6.07 Å². The lowest BCUT2D eigenvalue weighted by atomic mass is 9.97. The van der Waals surface area contributed by atoms with Crippen LogP contribution in [0.3, 0.4) is 0 Å². The number of nitriles is 1. The quantitative estimate of drug-likeness (QED) is 0.745. The Morgan fingerprint density at radius 1 is 1.53 bits per heavy atom. The molecular formula is C12H15N3. The van der Waals surface area contributed by atoms with E-state index in [0.29, 0.717) is 0 Å². The number of rotatable bonds is 1. The highest BCUT2D eigenvalue weighted by molar-refractivity contribution is 5.57. The van der Waals surface area contributed by atoms with Crippen LogP contribution in [-0.2, 0) is 6.42 Å². The van der Waals surface area contributed by atoms with Crippen LogP contribution in [0.25, 0.3) is 0 Å². The molecule has 0 radical (unpaired) electrons. The second kappa shape index (κ2) is 3.92. The van der Waals surface area contributed by atoms with Gasteiger partial charge < -0.3 is 10.6 Å². The first kappa shape index (κ1) is 10.0. The lowest BCUT2D eigenvalue weighted by Crippen LogP contribution is -2.46. The molecule has 1 aliphatic heterocycles. The summed E-state index contributed by atoms with van der Waals surface area (Å²) in [5.41, 5.74) is 8.39. The number of anilines is 1. The number of nitrogens with two attached hydrogens (primary N) is 1. The summed E-state index contributed by atoms with van der Waals surface area (Å²) in [6.45, 7) is 2.68. The van der Waals surface area contributed by atoms with E-state index in [-0.39, 0.29) is 12.1 Å². The molecule has 0 aliphatic carbocycles. The minimum Gasteiger partial charge on any atom is -0.354 e. The van der Waals surface area contributed by atoms with Crippen LogP contribution in [0, 0.1) is 11.3 Å². The molecule has 0 aromatic heterocycles. The van der Waals surface area contributed by atoms with E-state index in [2.05, 4.69) is 23.1 Å². The summed E-state index contributed by atoms with van der Waals surface area (Å²) in [4.78, 5) is 2.09. The van der Waals surface area contributed by atoms with Gasteiger partial charge in [-0.15, -0.1) is 0 Å². The van der Waals surface area contributed by atoms with Crippen molar-refractivity contribution in [3.05, 3.63) is 29.8 Å². The van der Waals surface area contributed by atoms with Crippen LogP contribution in [0.4, 0.5) is 5.69 Å². The fourth-order valence-corrected chi connectivity index (χ4v) is 2.10. The molecule has 2 N–H and O–H groups in total. The van der Waals surface area contributed by atoms with Crippen LogP contribution in [0.5, 0.6) is 0 Å². The second-order valence-electron chi connectivity index (χ2n) is 4.05.